The van der Waals surface area contributed by atoms with Gasteiger partial charge in [0.05, 0.1) is 6.61 Å². The van der Waals surface area contributed by atoms with Gasteiger partial charge in [-0.2, -0.15) is 0 Å². The van der Waals surface area contributed by atoms with Crippen LogP contribution in [0.4, 0.5) is 0 Å². The molecule has 0 unspecified atom stereocenters. The molecule has 70 valence electrons. The Morgan fingerprint density at radius 1 is 1.50 bits per heavy atom. The largest absolute Gasteiger partial charge is 0.463 e. The smallest absolute Gasteiger partial charge is 0.330 e. The Morgan fingerprint density at radius 2 is 2.17 bits per heavy atom. The summed E-state index contributed by atoms with van der Waals surface area (Å²) in [5.41, 5.74) is 0. The van der Waals surface area contributed by atoms with Crippen molar-refractivity contribution in [3.8, 4) is 0 Å². The molecule has 2 N–H and O–H groups in total. The summed E-state index contributed by atoms with van der Waals surface area (Å²) in [7, 11) is 0. The Balaban J connectivity index is 3.11. The first kappa shape index (κ1) is 11.1. The second kappa shape index (κ2) is 6.82. The summed E-state index contributed by atoms with van der Waals surface area (Å²) in [4.78, 5) is 10.5. The number of aliphatic hydroxyl groups is 2. The minimum absolute atomic E-state index is 0.303. The van der Waals surface area contributed by atoms with Crippen LogP contribution in [-0.2, 0) is 9.53 Å². The molecule has 0 bridgehead atoms. The van der Waals surface area contributed by atoms with Crippen molar-refractivity contribution < 1.29 is 19.7 Å². The number of aliphatic hydroxyl groups excluding tert-OH is 1. The Labute approximate surface area is 71.5 Å². The normalized spacial score (nSPS) is 9.92. The van der Waals surface area contributed by atoms with Crippen LogP contribution in [-0.4, -0.2) is 29.1 Å². The maximum atomic E-state index is 10.5. The fourth-order valence-electron chi connectivity index (χ4n) is 0.661. The minimum atomic E-state index is -1.26. The molecule has 0 saturated carbocycles. The zero-order chi connectivity index (χ0) is 9.40. The molecule has 0 aliphatic heterocycles. The van der Waals surface area contributed by atoms with E-state index in [4.69, 9.17) is 10.2 Å². The van der Waals surface area contributed by atoms with Crippen molar-refractivity contribution in [2.24, 2.45) is 0 Å². The van der Waals surface area contributed by atoms with Crippen LogP contribution in [0.15, 0.2) is 12.7 Å². The standard InChI is InChI=1S/C8H14O4/c1-2-8(11)12-6-4-3-5-7(9)10/h2,7,9-10H,1,3-6H2. The lowest BCUT2D eigenvalue weighted by molar-refractivity contribution is -0.137. The fourth-order valence-corrected chi connectivity index (χ4v) is 0.661. The van der Waals surface area contributed by atoms with E-state index in [0.29, 0.717) is 25.9 Å². The number of ether oxygens (including phenoxy) is 1. The molecule has 12 heavy (non-hydrogen) atoms. The fraction of sp³-hybridized carbons (Fsp3) is 0.625. The molecule has 0 aliphatic carbocycles. The van der Waals surface area contributed by atoms with E-state index in [1.54, 1.807) is 0 Å². The summed E-state index contributed by atoms with van der Waals surface area (Å²) in [6, 6.07) is 0. The van der Waals surface area contributed by atoms with E-state index in [1.807, 2.05) is 0 Å². The van der Waals surface area contributed by atoms with Crippen LogP contribution in [0.25, 0.3) is 0 Å². The molecule has 4 heteroatoms. The third kappa shape index (κ3) is 7.24. The summed E-state index contributed by atoms with van der Waals surface area (Å²) in [6.45, 7) is 3.54. The predicted octanol–water partition coefficient (Wildman–Crippen LogP) is 0.197. The van der Waals surface area contributed by atoms with E-state index < -0.39 is 12.3 Å². The summed E-state index contributed by atoms with van der Waals surface area (Å²) >= 11 is 0. The molecule has 0 aromatic carbocycles. The number of unbranched alkanes of at least 4 members (excludes halogenated alkanes) is 1. The van der Waals surface area contributed by atoms with E-state index >= 15 is 0 Å². The monoisotopic (exact) mass is 174 g/mol. The highest BCUT2D eigenvalue weighted by Gasteiger charge is 1.98. The van der Waals surface area contributed by atoms with Crippen molar-refractivity contribution in [2.45, 2.75) is 25.6 Å². The van der Waals surface area contributed by atoms with Gasteiger partial charge >= 0.3 is 5.97 Å². The van der Waals surface area contributed by atoms with Crippen molar-refractivity contribution in [2.75, 3.05) is 6.61 Å². The van der Waals surface area contributed by atoms with E-state index in [1.165, 1.54) is 0 Å². The van der Waals surface area contributed by atoms with Crippen molar-refractivity contribution in [1.82, 2.24) is 0 Å². The van der Waals surface area contributed by atoms with E-state index in [0.717, 1.165) is 6.08 Å². The third-order valence-electron chi connectivity index (χ3n) is 1.27. The zero-order valence-corrected chi connectivity index (χ0v) is 6.90. The summed E-state index contributed by atoms with van der Waals surface area (Å²) in [5.74, 6) is -0.445. The second-order valence-corrected chi connectivity index (χ2v) is 2.35. The quantitative estimate of drug-likeness (QED) is 0.261. The number of hydrogen-bond donors (Lipinski definition) is 2. The molecule has 0 aliphatic rings. The van der Waals surface area contributed by atoms with Gasteiger partial charge < -0.3 is 14.9 Å². The molecular formula is C8H14O4. The lowest BCUT2D eigenvalue weighted by Crippen LogP contribution is -2.06. The number of carbonyl (C=O) groups is 1. The van der Waals surface area contributed by atoms with Crippen LogP contribution in [0.1, 0.15) is 19.3 Å². The third-order valence-corrected chi connectivity index (χ3v) is 1.27. The Hall–Kier alpha value is -0.870. The molecule has 0 amide bonds. The lowest BCUT2D eigenvalue weighted by atomic mass is 10.2. The van der Waals surface area contributed by atoms with Crippen LogP contribution in [0.5, 0.6) is 0 Å². The average Bonchev–Trinajstić information content (AvgIpc) is 2.03. The lowest BCUT2D eigenvalue weighted by Gasteiger charge is -2.03. The summed E-state index contributed by atoms with van der Waals surface area (Å²) in [6.07, 6.45) is 1.41. The van der Waals surface area contributed by atoms with E-state index in [9.17, 15) is 4.79 Å². The van der Waals surface area contributed by atoms with Gasteiger partial charge in [0.1, 0.15) is 0 Å². The summed E-state index contributed by atoms with van der Waals surface area (Å²) < 4.78 is 4.65. The number of hydrogen-bond acceptors (Lipinski definition) is 4. The van der Waals surface area contributed by atoms with Crippen molar-refractivity contribution in [1.29, 1.82) is 0 Å². The van der Waals surface area contributed by atoms with Crippen LogP contribution in [0.3, 0.4) is 0 Å². The maximum absolute atomic E-state index is 10.5. The summed E-state index contributed by atoms with van der Waals surface area (Å²) in [5, 5.41) is 16.9. The maximum Gasteiger partial charge on any atom is 0.330 e. The molecule has 0 aromatic rings. The SMILES string of the molecule is C=CC(=O)OCCCCC(O)O. The second-order valence-electron chi connectivity index (χ2n) is 2.35. The molecular weight excluding hydrogens is 160 g/mol. The van der Waals surface area contributed by atoms with Gasteiger partial charge in [0, 0.05) is 6.08 Å². The first-order valence-corrected chi connectivity index (χ1v) is 3.82. The van der Waals surface area contributed by atoms with Crippen LogP contribution in [0, 0.1) is 0 Å². The Kier molecular flexibility index (Phi) is 6.32. The van der Waals surface area contributed by atoms with Gasteiger partial charge in [0.25, 0.3) is 0 Å². The van der Waals surface area contributed by atoms with Crippen molar-refractivity contribution >= 4 is 5.97 Å². The van der Waals surface area contributed by atoms with Crippen LogP contribution < -0.4 is 0 Å². The molecule has 4 nitrogen and oxygen atoms in total. The van der Waals surface area contributed by atoms with Gasteiger partial charge in [-0.25, -0.2) is 4.79 Å². The zero-order valence-electron chi connectivity index (χ0n) is 6.90. The highest BCUT2D eigenvalue weighted by atomic mass is 16.5. The molecule has 0 radical (unpaired) electrons. The molecule has 0 spiro atoms. The highest BCUT2D eigenvalue weighted by Crippen LogP contribution is 1.98. The first-order chi connectivity index (χ1) is 5.66. The van der Waals surface area contributed by atoms with Gasteiger partial charge in [-0.15, -0.1) is 0 Å². The van der Waals surface area contributed by atoms with Gasteiger partial charge in [0.2, 0.25) is 0 Å². The van der Waals surface area contributed by atoms with Gasteiger partial charge in [-0.05, 0) is 19.3 Å². The molecule has 0 rings (SSSR count). The number of carbonyl (C=O) groups excluding carboxylic acids is 1. The van der Waals surface area contributed by atoms with E-state index in [2.05, 4.69) is 11.3 Å². The molecule has 0 atom stereocenters. The Morgan fingerprint density at radius 3 is 2.67 bits per heavy atom. The molecule has 0 aromatic heterocycles. The minimum Gasteiger partial charge on any atom is -0.463 e. The topological polar surface area (TPSA) is 66.8 Å². The molecule has 0 heterocycles. The first-order valence-electron chi connectivity index (χ1n) is 3.82. The number of esters is 1. The van der Waals surface area contributed by atoms with Crippen molar-refractivity contribution in [3.63, 3.8) is 0 Å². The number of rotatable bonds is 6. The van der Waals surface area contributed by atoms with Crippen LogP contribution >= 0.6 is 0 Å². The van der Waals surface area contributed by atoms with E-state index in [-0.39, 0.29) is 0 Å². The van der Waals surface area contributed by atoms with Crippen LogP contribution in [0.2, 0.25) is 0 Å². The van der Waals surface area contributed by atoms with Gasteiger partial charge in [-0.1, -0.05) is 6.58 Å². The van der Waals surface area contributed by atoms with Crippen molar-refractivity contribution in [3.05, 3.63) is 12.7 Å². The predicted molar refractivity (Wildman–Crippen MR) is 43.2 cm³/mol. The molecule has 0 fully saturated rings. The average molecular weight is 174 g/mol. The van der Waals surface area contributed by atoms with Gasteiger partial charge in [-0.3, -0.25) is 0 Å². The highest BCUT2D eigenvalue weighted by molar-refractivity contribution is 5.81. The van der Waals surface area contributed by atoms with Gasteiger partial charge in [0.15, 0.2) is 6.29 Å². The Bertz CT molecular complexity index is 142. The molecule has 0 saturated heterocycles.